The third-order valence-electron chi connectivity index (χ3n) is 4.89. The summed E-state index contributed by atoms with van der Waals surface area (Å²) in [5.74, 6) is -0.544. The zero-order chi connectivity index (χ0) is 23.0. The van der Waals surface area contributed by atoms with Gasteiger partial charge in [-0.1, -0.05) is 23.2 Å². The van der Waals surface area contributed by atoms with E-state index in [1.807, 2.05) is 0 Å². The van der Waals surface area contributed by atoms with Crippen LogP contribution >= 0.6 is 50.9 Å². The number of aromatic carboxylic acids is 1. The van der Waals surface area contributed by atoms with Gasteiger partial charge in [0.15, 0.2) is 9.84 Å². The standard InChI is InChI=1S/C20H16BrCl2N3O4S2/c21-13-7-16-11(6-14(13)23)19(26-15-2-1-10(22)5-12(15)20(27)28)17(8-25-16)32(29,30)18-9-24-3-4-31-18/h1-2,5-8,18,24H,3-4,9H2,(H,25,26)(H,27,28). The van der Waals surface area contributed by atoms with Crippen LogP contribution in [0.25, 0.3) is 10.9 Å². The molecule has 0 spiro atoms. The van der Waals surface area contributed by atoms with Crippen molar-refractivity contribution in [3.8, 4) is 0 Å². The monoisotopic (exact) mass is 575 g/mol. The van der Waals surface area contributed by atoms with Gasteiger partial charge in [0.05, 0.1) is 27.5 Å². The molecule has 2 heterocycles. The molecule has 2 aromatic carbocycles. The van der Waals surface area contributed by atoms with Crippen molar-refractivity contribution in [1.29, 1.82) is 0 Å². The molecule has 1 unspecified atom stereocenters. The van der Waals surface area contributed by atoms with Crippen LogP contribution in [0.5, 0.6) is 0 Å². The number of nitrogens with one attached hydrogen (secondary N) is 2. The summed E-state index contributed by atoms with van der Waals surface area (Å²) < 4.78 is 27.0. The van der Waals surface area contributed by atoms with Crippen LogP contribution in [0.2, 0.25) is 10.0 Å². The SMILES string of the molecule is O=C(O)c1cc(Cl)ccc1Nc1c(S(=O)(=O)C2CNCCS2)cnc2cc(Br)c(Cl)cc12. The number of aromatic nitrogens is 1. The minimum absolute atomic E-state index is 0.0316. The minimum Gasteiger partial charge on any atom is -0.478 e. The van der Waals surface area contributed by atoms with Crippen molar-refractivity contribution in [3.63, 3.8) is 0 Å². The van der Waals surface area contributed by atoms with E-state index in [4.69, 9.17) is 23.2 Å². The lowest BCUT2D eigenvalue weighted by Gasteiger charge is -2.24. The Morgan fingerprint density at radius 2 is 2.06 bits per heavy atom. The van der Waals surface area contributed by atoms with Gasteiger partial charge in [0.1, 0.15) is 9.48 Å². The average Bonchev–Trinajstić information content (AvgIpc) is 2.76. The molecule has 3 aromatic rings. The number of sulfone groups is 1. The second kappa shape index (κ2) is 9.36. The number of nitrogens with zero attached hydrogens (tertiary/aromatic N) is 1. The summed E-state index contributed by atoms with van der Waals surface area (Å²) in [6, 6.07) is 7.59. The summed E-state index contributed by atoms with van der Waals surface area (Å²) in [5, 5.41) is 16.8. The first-order valence-corrected chi connectivity index (χ1v) is 13.5. The topological polar surface area (TPSA) is 108 Å². The predicted octanol–water partition coefficient (Wildman–Crippen LogP) is 5.18. The van der Waals surface area contributed by atoms with E-state index >= 15 is 0 Å². The molecule has 0 radical (unpaired) electrons. The van der Waals surface area contributed by atoms with Gasteiger partial charge in [-0.3, -0.25) is 4.98 Å². The smallest absolute Gasteiger partial charge is 0.337 e. The molecule has 1 aliphatic heterocycles. The van der Waals surface area contributed by atoms with E-state index in [2.05, 4.69) is 31.5 Å². The van der Waals surface area contributed by atoms with Crippen LogP contribution < -0.4 is 10.6 Å². The number of anilines is 2. The molecule has 1 fully saturated rings. The lowest BCUT2D eigenvalue weighted by Crippen LogP contribution is -2.37. The zero-order valence-electron chi connectivity index (χ0n) is 16.2. The first kappa shape index (κ1) is 23.6. The largest absolute Gasteiger partial charge is 0.478 e. The van der Waals surface area contributed by atoms with Gasteiger partial charge in [0.25, 0.3) is 0 Å². The van der Waals surface area contributed by atoms with Crippen LogP contribution in [-0.2, 0) is 9.84 Å². The Morgan fingerprint density at radius 1 is 1.28 bits per heavy atom. The number of thioether (sulfide) groups is 1. The third kappa shape index (κ3) is 4.57. The van der Waals surface area contributed by atoms with Crippen LogP contribution in [0, 0.1) is 0 Å². The number of halogens is 3. The first-order chi connectivity index (χ1) is 15.2. The van der Waals surface area contributed by atoms with Crippen molar-refractivity contribution < 1.29 is 18.3 Å². The van der Waals surface area contributed by atoms with Crippen molar-refractivity contribution >= 4 is 89.0 Å². The van der Waals surface area contributed by atoms with Crippen molar-refractivity contribution in [2.24, 2.45) is 0 Å². The summed E-state index contributed by atoms with van der Waals surface area (Å²) in [5.41, 5.74) is 0.797. The van der Waals surface area contributed by atoms with Crippen LogP contribution in [0.3, 0.4) is 0 Å². The maximum atomic E-state index is 13.5. The Kier molecular flexibility index (Phi) is 6.90. The van der Waals surface area contributed by atoms with Crippen molar-refractivity contribution in [1.82, 2.24) is 10.3 Å². The molecule has 0 bridgehead atoms. The molecule has 3 N–H and O–H groups in total. The Labute approximate surface area is 206 Å². The first-order valence-electron chi connectivity index (χ1n) is 9.32. The van der Waals surface area contributed by atoms with Crippen LogP contribution in [0.1, 0.15) is 10.4 Å². The molecule has 7 nitrogen and oxygen atoms in total. The second-order valence-corrected chi connectivity index (χ2v) is 12.4. The summed E-state index contributed by atoms with van der Waals surface area (Å²) in [4.78, 5) is 16.1. The molecule has 1 aliphatic rings. The van der Waals surface area contributed by atoms with Crippen molar-refractivity contribution in [2.45, 2.75) is 9.48 Å². The van der Waals surface area contributed by atoms with Crippen LogP contribution in [-0.4, -0.2) is 47.9 Å². The molecule has 12 heteroatoms. The Balaban J connectivity index is 1.95. The normalized spacial score (nSPS) is 16.8. The number of benzene rings is 2. The molecule has 168 valence electrons. The molecular formula is C20H16BrCl2N3O4S2. The van der Waals surface area contributed by atoms with Gasteiger partial charge in [-0.15, -0.1) is 11.8 Å². The van der Waals surface area contributed by atoms with Gasteiger partial charge in [0, 0.05) is 39.9 Å². The number of carboxylic acid groups (broad SMARTS) is 1. The van der Waals surface area contributed by atoms with E-state index in [1.54, 1.807) is 12.1 Å². The maximum absolute atomic E-state index is 13.5. The summed E-state index contributed by atoms with van der Waals surface area (Å²) in [6.45, 7) is 1.03. The Morgan fingerprint density at radius 3 is 2.75 bits per heavy atom. The maximum Gasteiger partial charge on any atom is 0.337 e. The number of pyridine rings is 1. The van der Waals surface area contributed by atoms with Gasteiger partial charge < -0.3 is 15.7 Å². The van der Waals surface area contributed by atoms with Crippen LogP contribution in [0.4, 0.5) is 11.4 Å². The highest BCUT2D eigenvalue weighted by atomic mass is 79.9. The van der Waals surface area contributed by atoms with Gasteiger partial charge >= 0.3 is 5.97 Å². The lowest BCUT2D eigenvalue weighted by atomic mass is 10.1. The van der Waals surface area contributed by atoms with Crippen molar-refractivity contribution in [3.05, 3.63) is 56.6 Å². The number of hydrogen-bond acceptors (Lipinski definition) is 7. The third-order valence-corrected chi connectivity index (χ3v) is 10.3. The highest BCUT2D eigenvalue weighted by molar-refractivity contribution is 9.10. The summed E-state index contributed by atoms with van der Waals surface area (Å²) >= 11 is 17.0. The molecule has 0 amide bonds. The molecule has 32 heavy (non-hydrogen) atoms. The van der Waals surface area contributed by atoms with Crippen molar-refractivity contribution in [2.75, 3.05) is 24.2 Å². The average molecular weight is 577 g/mol. The fourth-order valence-electron chi connectivity index (χ4n) is 3.33. The van der Waals surface area contributed by atoms with E-state index in [0.717, 1.165) is 6.54 Å². The van der Waals surface area contributed by atoms with E-state index in [0.29, 0.717) is 32.7 Å². The number of carboxylic acids is 1. The molecule has 0 aliphatic carbocycles. The van der Waals surface area contributed by atoms with Crippen LogP contribution in [0.15, 0.2) is 45.9 Å². The molecule has 1 atom stereocenters. The molecule has 0 saturated carbocycles. The summed E-state index contributed by atoms with van der Waals surface area (Å²) in [6.07, 6.45) is 1.30. The predicted molar refractivity (Wildman–Crippen MR) is 132 cm³/mol. The zero-order valence-corrected chi connectivity index (χ0v) is 21.0. The number of fused-ring (bicyclic) bond motifs is 1. The molecule has 4 rings (SSSR count). The highest BCUT2D eigenvalue weighted by Crippen LogP contribution is 2.39. The highest BCUT2D eigenvalue weighted by Gasteiger charge is 2.33. The quantitative estimate of drug-likeness (QED) is 0.381. The van der Waals surface area contributed by atoms with Gasteiger partial charge in [0.2, 0.25) is 0 Å². The second-order valence-electron chi connectivity index (χ2n) is 6.95. The molecular weight excluding hydrogens is 561 g/mol. The van der Waals surface area contributed by atoms with E-state index < -0.39 is 20.4 Å². The van der Waals surface area contributed by atoms with Gasteiger partial charge in [-0.05, 0) is 46.3 Å². The lowest BCUT2D eigenvalue weighted by molar-refractivity contribution is 0.0698. The van der Waals surface area contributed by atoms with E-state index in [-0.39, 0.29) is 26.9 Å². The number of carbonyl (C=O) groups is 1. The number of hydrogen-bond donors (Lipinski definition) is 3. The summed E-state index contributed by atoms with van der Waals surface area (Å²) in [7, 11) is -3.82. The fraction of sp³-hybridized carbons (Fsp3) is 0.200. The van der Waals surface area contributed by atoms with E-state index in [9.17, 15) is 18.3 Å². The minimum atomic E-state index is -3.82. The Hall–Kier alpha value is -1.56. The Bertz CT molecular complexity index is 1330. The molecule has 1 saturated heterocycles. The van der Waals surface area contributed by atoms with Gasteiger partial charge in [-0.25, -0.2) is 13.2 Å². The molecule has 1 aromatic heterocycles. The number of rotatable bonds is 5. The fourth-order valence-corrected chi connectivity index (χ4v) is 7.34. The van der Waals surface area contributed by atoms with E-state index in [1.165, 1.54) is 36.2 Å². The van der Waals surface area contributed by atoms with Gasteiger partial charge in [-0.2, -0.15) is 0 Å².